The number of esters is 1. The quantitative estimate of drug-likeness (QED) is 0.813. The van der Waals surface area contributed by atoms with E-state index in [1.54, 1.807) is 10.5 Å². The van der Waals surface area contributed by atoms with Gasteiger partial charge in [0.2, 0.25) is 0 Å². The topological polar surface area (TPSA) is 46.8 Å². The molecule has 0 amide bonds. The van der Waals surface area contributed by atoms with Crippen molar-refractivity contribution in [2.45, 2.75) is 26.3 Å². The minimum atomic E-state index is -0.272. The first kappa shape index (κ1) is 15.0. The van der Waals surface area contributed by atoms with Crippen molar-refractivity contribution >= 4 is 11.6 Å². The summed E-state index contributed by atoms with van der Waals surface area (Å²) < 4.78 is 20.0. The second kappa shape index (κ2) is 6.44. The number of aromatic nitrogens is 2. The van der Waals surface area contributed by atoms with Gasteiger partial charge < -0.3 is 9.14 Å². The molecule has 0 spiro atoms. The van der Waals surface area contributed by atoms with Gasteiger partial charge in [-0.2, -0.15) is 0 Å². The number of hydrogen-bond donors (Lipinski definition) is 0. The van der Waals surface area contributed by atoms with E-state index in [1.807, 2.05) is 13.1 Å². The molecule has 0 atom stereocenters. The summed E-state index contributed by atoms with van der Waals surface area (Å²) in [5.74, 6) is -0.330. The van der Waals surface area contributed by atoms with Crippen LogP contribution in [0, 0.1) is 11.7 Å². The SMILES string of the molecule is CCOC(=O)C1CCN(Cc2cn3cc(F)ccc3n2)CC1. The van der Waals surface area contributed by atoms with Crippen molar-refractivity contribution in [1.82, 2.24) is 14.3 Å². The van der Waals surface area contributed by atoms with Gasteiger partial charge in [0.05, 0.1) is 18.2 Å². The van der Waals surface area contributed by atoms with E-state index in [2.05, 4.69) is 9.88 Å². The van der Waals surface area contributed by atoms with Gasteiger partial charge in [-0.3, -0.25) is 9.69 Å². The van der Waals surface area contributed by atoms with Gasteiger partial charge in [0, 0.05) is 18.9 Å². The van der Waals surface area contributed by atoms with Crippen molar-refractivity contribution in [3.8, 4) is 0 Å². The van der Waals surface area contributed by atoms with Gasteiger partial charge in [-0.1, -0.05) is 0 Å². The van der Waals surface area contributed by atoms with Gasteiger partial charge in [-0.15, -0.1) is 0 Å². The number of fused-ring (bicyclic) bond motifs is 1. The number of nitrogens with zero attached hydrogens (tertiary/aromatic N) is 3. The Hall–Kier alpha value is -1.95. The summed E-state index contributed by atoms with van der Waals surface area (Å²) in [5, 5.41) is 0. The van der Waals surface area contributed by atoms with Crippen LogP contribution in [0.15, 0.2) is 24.5 Å². The Morgan fingerprint density at radius 1 is 1.36 bits per heavy atom. The summed E-state index contributed by atoms with van der Waals surface area (Å²) >= 11 is 0. The van der Waals surface area contributed by atoms with E-state index in [-0.39, 0.29) is 17.7 Å². The lowest BCUT2D eigenvalue weighted by atomic mass is 9.97. The molecule has 0 unspecified atom stereocenters. The third-order valence-electron chi connectivity index (χ3n) is 4.06. The van der Waals surface area contributed by atoms with Crippen molar-refractivity contribution in [1.29, 1.82) is 0 Å². The van der Waals surface area contributed by atoms with Gasteiger partial charge in [0.15, 0.2) is 0 Å². The summed E-state index contributed by atoms with van der Waals surface area (Å²) in [5.41, 5.74) is 1.66. The highest BCUT2D eigenvalue weighted by molar-refractivity contribution is 5.72. The lowest BCUT2D eigenvalue weighted by molar-refractivity contribution is -0.149. The number of ether oxygens (including phenoxy) is 1. The zero-order valence-corrected chi connectivity index (χ0v) is 12.7. The van der Waals surface area contributed by atoms with Crippen LogP contribution in [0.2, 0.25) is 0 Å². The Kier molecular flexibility index (Phi) is 4.38. The van der Waals surface area contributed by atoms with E-state index >= 15 is 0 Å². The zero-order chi connectivity index (χ0) is 15.5. The van der Waals surface area contributed by atoms with Gasteiger partial charge in [0.1, 0.15) is 11.5 Å². The van der Waals surface area contributed by atoms with Crippen LogP contribution < -0.4 is 0 Å². The molecule has 22 heavy (non-hydrogen) atoms. The summed E-state index contributed by atoms with van der Waals surface area (Å²) in [6.45, 7) is 4.70. The molecular weight excluding hydrogens is 285 g/mol. The van der Waals surface area contributed by atoms with E-state index < -0.39 is 0 Å². The molecule has 0 radical (unpaired) electrons. The van der Waals surface area contributed by atoms with E-state index in [0.29, 0.717) is 6.61 Å². The number of pyridine rings is 1. The zero-order valence-electron chi connectivity index (χ0n) is 12.7. The third kappa shape index (κ3) is 3.27. The molecule has 3 rings (SSSR count). The average molecular weight is 305 g/mol. The molecule has 0 aromatic carbocycles. The minimum Gasteiger partial charge on any atom is -0.466 e. The first-order valence-corrected chi connectivity index (χ1v) is 7.68. The van der Waals surface area contributed by atoms with Crippen LogP contribution in [-0.2, 0) is 16.1 Å². The van der Waals surface area contributed by atoms with Crippen molar-refractivity contribution in [2.75, 3.05) is 19.7 Å². The smallest absolute Gasteiger partial charge is 0.309 e. The van der Waals surface area contributed by atoms with Crippen LogP contribution in [0.1, 0.15) is 25.5 Å². The molecule has 2 aromatic heterocycles. The van der Waals surface area contributed by atoms with Crippen LogP contribution in [0.4, 0.5) is 4.39 Å². The molecule has 0 bridgehead atoms. The first-order valence-electron chi connectivity index (χ1n) is 7.68. The maximum atomic E-state index is 13.2. The lowest BCUT2D eigenvalue weighted by Gasteiger charge is -2.30. The maximum Gasteiger partial charge on any atom is 0.309 e. The normalized spacial score (nSPS) is 17.0. The highest BCUT2D eigenvalue weighted by atomic mass is 19.1. The summed E-state index contributed by atoms with van der Waals surface area (Å²) in [7, 11) is 0. The third-order valence-corrected chi connectivity index (χ3v) is 4.06. The number of carbonyl (C=O) groups excluding carboxylic acids is 1. The molecule has 3 heterocycles. The Balaban J connectivity index is 1.58. The van der Waals surface area contributed by atoms with E-state index in [0.717, 1.165) is 43.8 Å². The Morgan fingerprint density at radius 2 is 2.14 bits per heavy atom. The Labute approximate surface area is 128 Å². The number of piperidine rings is 1. The van der Waals surface area contributed by atoms with Crippen LogP contribution in [-0.4, -0.2) is 40.0 Å². The van der Waals surface area contributed by atoms with Crippen LogP contribution >= 0.6 is 0 Å². The summed E-state index contributed by atoms with van der Waals surface area (Å²) in [6, 6.07) is 3.09. The molecule has 1 aliphatic rings. The number of halogens is 1. The fourth-order valence-corrected chi connectivity index (χ4v) is 2.91. The predicted octanol–water partition coefficient (Wildman–Crippen LogP) is 2.25. The van der Waals surface area contributed by atoms with Gasteiger partial charge in [0.25, 0.3) is 0 Å². The maximum absolute atomic E-state index is 13.2. The molecule has 2 aromatic rings. The summed E-state index contributed by atoms with van der Waals surface area (Å²) in [6.07, 6.45) is 4.93. The fourth-order valence-electron chi connectivity index (χ4n) is 2.91. The van der Waals surface area contributed by atoms with E-state index in [9.17, 15) is 9.18 Å². The second-order valence-electron chi connectivity index (χ2n) is 5.65. The first-order chi connectivity index (χ1) is 10.7. The van der Waals surface area contributed by atoms with Crippen molar-refractivity contribution in [2.24, 2.45) is 5.92 Å². The number of imidazole rings is 1. The number of hydrogen-bond acceptors (Lipinski definition) is 4. The molecule has 0 aliphatic carbocycles. The van der Waals surface area contributed by atoms with E-state index in [1.165, 1.54) is 12.3 Å². The molecular formula is C16H20FN3O2. The van der Waals surface area contributed by atoms with Crippen molar-refractivity contribution < 1.29 is 13.9 Å². The number of carbonyl (C=O) groups is 1. The van der Waals surface area contributed by atoms with Crippen LogP contribution in [0.5, 0.6) is 0 Å². The van der Waals surface area contributed by atoms with Crippen molar-refractivity contribution in [3.63, 3.8) is 0 Å². The minimum absolute atomic E-state index is 0.0198. The molecule has 118 valence electrons. The highest BCUT2D eigenvalue weighted by Gasteiger charge is 2.26. The molecule has 1 saturated heterocycles. The Bertz CT molecular complexity index is 662. The van der Waals surface area contributed by atoms with Crippen LogP contribution in [0.25, 0.3) is 5.65 Å². The predicted molar refractivity (Wildman–Crippen MR) is 79.8 cm³/mol. The average Bonchev–Trinajstić information content (AvgIpc) is 2.89. The molecule has 6 heteroatoms. The molecule has 0 saturated carbocycles. The molecule has 5 nitrogen and oxygen atoms in total. The number of rotatable bonds is 4. The largest absolute Gasteiger partial charge is 0.466 e. The second-order valence-corrected chi connectivity index (χ2v) is 5.65. The fraction of sp³-hybridized carbons (Fsp3) is 0.500. The van der Waals surface area contributed by atoms with E-state index in [4.69, 9.17) is 4.74 Å². The molecule has 0 N–H and O–H groups in total. The van der Waals surface area contributed by atoms with Gasteiger partial charge in [-0.05, 0) is 45.0 Å². The highest BCUT2D eigenvalue weighted by Crippen LogP contribution is 2.20. The lowest BCUT2D eigenvalue weighted by Crippen LogP contribution is -2.36. The molecule has 1 fully saturated rings. The Morgan fingerprint density at radius 3 is 2.86 bits per heavy atom. The summed E-state index contributed by atoms with van der Waals surface area (Å²) in [4.78, 5) is 18.5. The van der Waals surface area contributed by atoms with Gasteiger partial charge >= 0.3 is 5.97 Å². The van der Waals surface area contributed by atoms with Crippen molar-refractivity contribution in [3.05, 3.63) is 36.0 Å². The number of likely N-dealkylation sites (tertiary alicyclic amines) is 1. The standard InChI is InChI=1S/C16H20FN3O2/c1-2-22-16(21)12-5-7-19(8-6-12)10-14-11-20-9-13(17)3-4-15(20)18-14/h3-4,9,11-12H,2,5-8,10H2,1H3. The van der Waals surface area contributed by atoms with Gasteiger partial charge in [-0.25, -0.2) is 9.37 Å². The van der Waals surface area contributed by atoms with Crippen LogP contribution in [0.3, 0.4) is 0 Å². The monoisotopic (exact) mass is 305 g/mol. The molecule has 1 aliphatic heterocycles.